The summed E-state index contributed by atoms with van der Waals surface area (Å²) in [5, 5.41) is 0. The first-order valence-corrected chi connectivity index (χ1v) is 5.53. The monoisotopic (exact) mass is 222 g/mol. The van der Waals surface area contributed by atoms with Gasteiger partial charge in [-0.25, -0.2) is 0 Å². The molecular formula is C11H14N2OS. The summed E-state index contributed by atoms with van der Waals surface area (Å²) in [4.78, 5) is 15.8. The number of H-pyrrole nitrogens is 1. The molecule has 0 saturated carbocycles. The van der Waals surface area contributed by atoms with Crippen molar-refractivity contribution >= 4 is 18.6 Å². The average Bonchev–Trinajstić information content (AvgIpc) is 2.70. The normalized spacial score (nSPS) is 20.6. The van der Waals surface area contributed by atoms with Gasteiger partial charge in [-0.15, -0.1) is 0 Å². The van der Waals surface area contributed by atoms with Crippen molar-refractivity contribution in [2.75, 3.05) is 6.54 Å². The number of carbonyl (C=O) groups is 1. The molecule has 1 saturated heterocycles. The minimum absolute atomic E-state index is 0.230. The van der Waals surface area contributed by atoms with E-state index in [2.05, 4.69) is 11.1 Å². The number of aryl methyl sites for hydroxylation is 1. The first-order chi connectivity index (χ1) is 7.22. The Bertz CT molecular complexity index is 427. The van der Waals surface area contributed by atoms with Crippen LogP contribution in [0.1, 0.15) is 30.0 Å². The van der Waals surface area contributed by atoms with Gasteiger partial charge in [-0.3, -0.25) is 4.79 Å². The van der Waals surface area contributed by atoms with Crippen LogP contribution in [0.3, 0.4) is 0 Å². The maximum atomic E-state index is 10.8. The molecule has 1 unspecified atom stereocenters. The largest absolute Gasteiger partial charge is 0.352 e. The molecular weight excluding hydrogens is 208 g/mol. The fraction of sp³-hybridized carbons (Fsp3) is 0.455. The molecule has 4 heteroatoms. The molecule has 1 amide bonds. The molecule has 1 aliphatic heterocycles. The van der Waals surface area contributed by atoms with Crippen LogP contribution in [-0.2, 0) is 4.79 Å². The second kappa shape index (κ2) is 4.14. The van der Waals surface area contributed by atoms with Gasteiger partial charge in [0.05, 0.1) is 6.04 Å². The number of rotatable bonds is 2. The number of likely N-dealkylation sites (tertiary alicyclic amines) is 1. The summed E-state index contributed by atoms with van der Waals surface area (Å²) in [6.45, 7) is 2.85. The van der Waals surface area contributed by atoms with Crippen LogP contribution in [0.15, 0.2) is 12.3 Å². The third kappa shape index (κ3) is 1.95. The van der Waals surface area contributed by atoms with Gasteiger partial charge < -0.3 is 9.88 Å². The fourth-order valence-corrected chi connectivity index (χ4v) is 2.20. The Morgan fingerprint density at radius 2 is 2.47 bits per heavy atom. The van der Waals surface area contributed by atoms with Gasteiger partial charge in [0.2, 0.25) is 6.41 Å². The fourth-order valence-electron chi connectivity index (χ4n) is 2.09. The SMILES string of the molecule is Cc1cc(C2CCCN2C=O)c[nH]c1=S. The van der Waals surface area contributed by atoms with Crippen LogP contribution in [0.5, 0.6) is 0 Å². The average molecular weight is 222 g/mol. The predicted octanol–water partition coefficient (Wildman–Crippen LogP) is 2.35. The molecule has 1 aliphatic rings. The van der Waals surface area contributed by atoms with Gasteiger partial charge >= 0.3 is 0 Å². The molecule has 1 atom stereocenters. The molecule has 1 aromatic heterocycles. The number of amides is 1. The van der Waals surface area contributed by atoms with Gasteiger partial charge in [0.25, 0.3) is 0 Å². The van der Waals surface area contributed by atoms with Gasteiger partial charge in [-0.05, 0) is 37.0 Å². The summed E-state index contributed by atoms with van der Waals surface area (Å²) in [6, 6.07) is 2.30. The van der Waals surface area contributed by atoms with Crippen molar-refractivity contribution in [2.24, 2.45) is 0 Å². The number of hydrogen-bond donors (Lipinski definition) is 1. The van der Waals surface area contributed by atoms with Crippen LogP contribution in [-0.4, -0.2) is 22.8 Å². The van der Waals surface area contributed by atoms with Crippen LogP contribution < -0.4 is 0 Å². The summed E-state index contributed by atoms with van der Waals surface area (Å²) in [7, 11) is 0. The van der Waals surface area contributed by atoms with Crippen molar-refractivity contribution in [3.63, 3.8) is 0 Å². The highest BCUT2D eigenvalue weighted by atomic mass is 32.1. The molecule has 0 radical (unpaired) electrons. The number of aromatic amines is 1. The zero-order chi connectivity index (χ0) is 10.8. The Morgan fingerprint density at radius 3 is 3.13 bits per heavy atom. The highest BCUT2D eigenvalue weighted by Crippen LogP contribution is 2.30. The van der Waals surface area contributed by atoms with Crippen molar-refractivity contribution in [3.05, 3.63) is 28.0 Å². The molecule has 0 aromatic carbocycles. The smallest absolute Gasteiger partial charge is 0.210 e. The number of aromatic nitrogens is 1. The zero-order valence-corrected chi connectivity index (χ0v) is 9.51. The molecule has 80 valence electrons. The highest BCUT2D eigenvalue weighted by Gasteiger charge is 2.24. The summed E-state index contributed by atoms with van der Waals surface area (Å²) in [5.74, 6) is 0. The molecule has 0 spiro atoms. The molecule has 2 heterocycles. The minimum atomic E-state index is 0.230. The summed E-state index contributed by atoms with van der Waals surface area (Å²) >= 11 is 5.11. The summed E-state index contributed by atoms with van der Waals surface area (Å²) in [5.41, 5.74) is 2.23. The maximum absolute atomic E-state index is 10.8. The van der Waals surface area contributed by atoms with Gasteiger partial charge in [-0.1, -0.05) is 12.2 Å². The van der Waals surface area contributed by atoms with E-state index in [0.717, 1.165) is 41.6 Å². The van der Waals surface area contributed by atoms with Crippen LogP contribution in [0.2, 0.25) is 0 Å². The third-order valence-corrected chi connectivity index (χ3v) is 3.37. The molecule has 0 aliphatic carbocycles. The lowest BCUT2D eigenvalue weighted by molar-refractivity contribution is -0.118. The molecule has 0 bridgehead atoms. The molecule has 3 nitrogen and oxygen atoms in total. The van der Waals surface area contributed by atoms with E-state index >= 15 is 0 Å². The Balaban J connectivity index is 2.32. The second-order valence-corrected chi connectivity index (χ2v) is 4.35. The lowest BCUT2D eigenvalue weighted by atomic mass is 10.1. The topological polar surface area (TPSA) is 36.1 Å². The Labute approximate surface area is 94.1 Å². The third-order valence-electron chi connectivity index (χ3n) is 2.93. The van der Waals surface area contributed by atoms with Crippen LogP contribution in [0, 0.1) is 11.6 Å². The van der Waals surface area contributed by atoms with E-state index in [9.17, 15) is 4.79 Å². The number of hydrogen-bond acceptors (Lipinski definition) is 2. The first-order valence-electron chi connectivity index (χ1n) is 5.12. The summed E-state index contributed by atoms with van der Waals surface area (Å²) in [6.07, 6.45) is 4.98. The summed E-state index contributed by atoms with van der Waals surface area (Å²) < 4.78 is 0.773. The van der Waals surface area contributed by atoms with E-state index in [1.54, 1.807) is 0 Å². The number of nitrogens with one attached hydrogen (secondary N) is 1. The quantitative estimate of drug-likeness (QED) is 0.616. The van der Waals surface area contributed by atoms with Crippen molar-refractivity contribution in [2.45, 2.75) is 25.8 Å². The van der Waals surface area contributed by atoms with E-state index in [-0.39, 0.29) is 6.04 Å². The Kier molecular flexibility index (Phi) is 2.86. The predicted molar refractivity (Wildman–Crippen MR) is 61.1 cm³/mol. The van der Waals surface area contributed by atoms with E-state index in [1.807, 2.05) is 18.0 Å². The van der Waals surface area contributed by atoms with Crippen molar-refractivity contribution in [1.82, 2.24) is 9.88 Å². The van der Waals surface area contributed by atoms with Crippen molar-refractivity contribution in [3.8, 4) is 0 Å². The Morgan fingerprint density at radius 1 is 1.67 bits per heavy atom. The number of pyridine rings is 1. The number of nitrogens with zero attached hydrogens (tertiary/aromatic N) is 1. The Hall–Kier alpha value is -1.16. The van der Waals surface area contributed by atoms with E-state index in [1.165, 1.54) is 0 Å². The van der Waals surface area contributed by atoms with Crippen molar-refractivity contribution in [1.29, 1.82) is 0 Å². The molecule has 1 N–H and O–H groups in total. The standard InChI is InChI=1S/C11H14N2OS/c1-8-5-9(6-12-11(8)15)10-3-2-4-13(10)7-14/h5-7,10H,2-4H2,1H3,(H,12,15). The van der Waals surface area contributed by atoms with Crippen molar-refractivity contribution < 1.29 is 4.79 Å². The second-order valence-electron chi connectivity index (χ2n) is 3.95. The van der Waals surface area contributed by atoms with Crippen LogP contribution in [0.4, 0.5) is 0 Å². The molecule has 2 rings (SSSR count). The van der Waals surface area contributed by atoms with Gasteiger partial charge in [-0.2, -0.15) is 0 Å². The zero-order valence-electron chi connectivity index (χ0n) is 8.69. The van der Waals surface area contributed by atoms with Gasteiger partial charge in [0, 0.05) is 12.7 Å². The first kappa shape index (κ1) is 10.4. The minimum Gasteiger partial charge on any atom is -0.352 e. The van der Waals surface area contributed by atoms with Gasteiger partial charge in [0.15, 0.2) is 0 Å². The van der Waals surface area contributed by atoms with E-state index < -0.39 is 0 Å². The highest BCUT2D eigenvalue weighted by molar-refractivity contribution is 7.71. The lowest BCUT2D eigenvalue weighted by Gasteiger charge is -2.20. The van der Waals surface area contributed by atoms with E-state index in [4.69, 9.17) is 12.2 Å². The van der Waals surface area contributed by atoms with E-state index in [0.29, 0.717) is 0 Å². The molecule has 1 aromatic rings. The van der Waals surface area contributed by atoms with Crippen LogP contribution in [0.25, 0.3) is 0 Å². The maximum Gasteiger partial charge on any atom is 0.210 e. The number of carbonyl (C=O) groups excluding carboxylic acids is 1. The van der Waals surface area contributed by atoms with Gasteiger partial charge in [0.1, 0.15) is 4.64 Å². The molecule has 15 heavy (non-hydrogen) atoms. The lowest BCUT2D eigenvalue weighted by Crippen LogP contribution is -2.21. The van der Waals surface area contributed by atoms with Crippen LogP contribution >= 0.6 is 12.2 Å². The molecule has 1 fully saturated rings.